The van der Waals surface area contributed by atoms with Crippen molar-refractivity contribution < 1.29 is 4.79 Å². The van der Waals surface area contributed by atoms with E-state index in [0.29, 0.717) is 12.2 Å². The molecule has 0 bridgehead atoms. The van der Waals surface area contributed by atoms with Gasteiger partial charge >= 0.3 is 0 Å². The fourth-order valence-corrected chi connectivity index (χ4v) is 2.17. The lowest BCUT2D eigenvalue weighted by Crippen LogP contribution is -2.12. The molecule has 1 aromatic carbocycles. The summed E-state index contributed by atoms with van der Waals surface area (Å²) in [4.78, 5) is 15.7. The van der Waals surface area contributed by atoms with Crippen LogP contribution in [0.5, 0.6) is 0 Å². The van der Waals surface area contributed by atoms with Gasteiger partial charge in [0, 0.05) is 30.3 Å². The van der Waals surface area contributed by atoms with Crippen LogP contribution in [0.2, 0.25) is 0 Å². The van der Waals surface area contributed by atoms with E-state index in [2.05, 4.69) is 22.9 Å². The highest BCUT2D eigenvalue weighted by Crippen LogP contribution is 2.14. The lowest BCUT2D eigenvalue weighted by Gasteiger charge is -2.08. The fourth-order valence-electron chi connectivity index (χ4n) is 1.86. The van der Waals surface area contributed by atoms with Crippen LogP contribution < -0.4 is 5.32 Å². The minimum absolute atomic E-state index is 0.0140. The van der Waals surface area contributed by atoms with Crippen LogP contribution in [0.15, 0.2) is 48.8 Å². The van der Waals surface area contributed by atoms with Gasteiger partial charge in [-0.3, -0.25) is 9.78 Å². The molecule has 0 atom stereocenters. The minimum Gasteiger partial charge on any atom is -0.326 e. The van der Waals surface area contributed by atoms with E-state index in [4.69, 9.17) is 0 Å². The molecule has 0 fully saturated rings. The Morgan fingerprint density at radius 1 is 1.11 bits per heavy atom. The zero-order valence-corrected chi connectivity index (χ0v) is 11.4. The Labute approximate surface area is 118 Å². The van der Waals surface area contributed by atoms with Crippen LogP contribution in [0.1, 0.15) is 17.5 Å². The second-order valence-corrected chi connectivity index (χ2v) is 4.53. The largest absolute Gasteiger partial charge is 0.326 e. The van der Waals surface area contributed by atoms with Gasteiger partial charge in [-0.15, -0.1) is 0 Å². The van der Waals surface area contributed by atoms with Gasteiger partial charge in [-0.25, -0.2) is 0 Å². The number of hydrogen-bond donors (Lipinski definition) is 2. The number of rotatable bonds is 5. The van der Waals surface area contributed by atoms with Crippen LogP contribution in [-0.2, 0) is 17.0 Å². The van der Waals surface area contributed by atoms with Crippen LogP contribution in [0.25, 0.3) is 0 Å². The Morgan fingerprint density at radius 2 is 1.79 bits per heavy atom. The fraction of sp³-hybridized carbons (Fsp3) is 0.200. The molecule has 1 N–H and O–H groups in total. The highest BCUT2D eigenvalue weighted by atomic mass is 32.1. The highest BCUT2D eigenvalue weighted by molar-refractivity contribution is 7.79. The van der Waals surface area contributed by atoms with Gasteiger partial charge in [-0.2, -0.15) is 12.6 Å². The monoisotopic (exact) mass is 272 g/mol. The lowest BCUT2D eigenvalue weighted by atomic mass is 10.0. The molecule has 1 amide bonds. The van der Waals surface area contributed by atoms with Gasteiger partial charge in [0.15, 0.2) is 0 Å². The summed E-state index contributed by atoms with van der Waals surface area (Å²) in [6.07, 6.45) is 4.51. The third-order valence-electron chi connectivity index (χ3n) is 2.87. The maximum atomic E-state index is 11.8. The van der Waals surface area contributed by atoms with Crippen LogP contribution in [0.4, 0.5) is 5.69 Å². The third kappa shape index (κ3) is 4.10. The molecular formula is C15H16N2OS. The number of benzene rings is 1. The summed E-state index contributed by atoms with van der Waals surface area (Å²) in [5.41, 5.74) is 3.15. The molecule has 0 saturated carbocycles. The van der Waals surface area contributed by atoms with Crippen molar-refractivity contribution in [1.29, 1.82) is 0 Å². The summed E-state index contributed by atoms with van der Waals surface area (Å²) in [5, 5.41) is 2.85. The van der Waals surface area contributed by atoms with Crippen molar-refractivity contribution in [2.45, 2.75) is 18.6 Å². The van der Waals surface area contributed by atoms with E-state index < -0.39 is 0 Å². The first kappa shape index (κ1) is 13.6. The molecule has 2 aromatic rings. The Bertz CT molecular complexity index is 543. The van der Waals surface area contributed by atoms with Gasteiger partial charge in [0.25, 0.3) is 0 Å². The third-order valence-corrected chi connectivity index (χ3v) is 3.21. The number of carbonyl (C=O) groups excluding carboxylic acids is 1. The number of nitrogens with zero attached hydrogens (tertiary/aromatic N) is 1. The Morgan fingerprint density at radius 3 is 2.47 bits per heavy atom. The van der Waals surface area contributed by atoms with E-state index in [1.165, 1.54) is 11.1 Å². The number of thiol groups is 1. The quantitative estimate of drug-likeness (QED) is 0.821. The molecule has 1 heterocycles. The Kier molecular flexibility index (Phi) is 4.98. The SMILES string of the molecule is O=C(CCc1ccccc1CS)Nc1ccncc1. The van der Waals surface area contributed by atoms with Gasteiger partial charge < -0.3 is 5.32 Å². The normalized spacial score (nSPS) is 10.2. The minimum atomic E-state index is 0.0140. The Balaban J connectivity index is 1.90. The maximum absolute atomic E-state index is 11.8. The summed E-state index contributed by atoms with van der Waals surface area (Å²) < 4.78 is 0. The molecule has 98 valence electrons. The number of aryl methyl sites for hydroxylation is 1. The summed E-state index contributed by atoms with van der Waals surface area (Å²) >= 11 is 4.30. The number of aromatic nitrogens is 1. The van der Waals surface area contributed by atoms with Gasteiger partial charge in [0.2, 0.25) is 5.91 Å². The summed E-state index contributed by atoms with van der Waals surface area (Å²) in [7, 11) is 0. The molecule has 0 aliphatic carbocycles. The first-order valence-electron chi connectivity index (χ1n) is 6.17. The smallest absolute Gasteiger partial charge is 0.224 e. The average Bonchev–Trinajstić information content (AvgIpc) is 2.46. The molecule has 1 aromatic heterocycles. The number of amides is 1. The van der Waals surface area contributed by atoms with Crippen molar-refractivity contribution in [1.82, 2.24) is 4.98 Å². The van der Waals surface area contributed by atoms with Crippen molar-refractivity contribution in [2.24, 2.45) is 0 Å². The van der Waals surface area contributed by atoms with Gasteiger partial charge in [0.05, 0.1) is 0 Å². The number of nitrogens with one attached hydrogen (secondary N) is 1. The summed E-state index contributed by atoms with van der Waals surface area (Å²) in [6, 6.07) is 11.6. The van der Waals surface area contributed by atoms with E-state index in [9.17, 15) is 4.79 Å². The lowest BCUT2D eigenvalue weighted by molar-refractivity contribution is -0.116. The second-order valence-electron chi connectivity index (χ2n) is 4.21. The second kappa shape index (κ2) is 6.95. The van der Waals surface area contributed by atoms with Crippen LogP contribution in [-0.4, -0.2) is 10.9 Å². The van der Waals surface area contributed by atoms with E-state index in [0.717, 1.165) is 12.1 Å². The molecule has 0 aliphatic rings. The van der Waals surface area contributed by atoms with Gasteiger partial charge in [-0.1, -0.05) is 24.3 Å². The van der Waals surface area contributed by atoms with Crippen molar-refractivity contribution >= 4 is 24.2 Å². The van der Waals surface area contributed by atoms with Crippen molar-refractivity contribution in [3.8, 4) is 0 Å². The van der Waals surface area contributed by atoms with E-state index >= 15 is 0 Å². The molecule has 0 unspecified atom stereocenters. The molecule has 0 aliphatic heterocycles. The summed E-state index contributed by atoms with van der Waals surface area (Å²) in [6.45, 7) is 0. The van der Waals surface area contributed by atoms with E-state index in [1.54, 1.807) is 24.5 Å². The predicted molar refractivity (Wildman–Crippen MR) is 80.3 cm³/mol. The zero-order valence-electron chi connectivity index (χ0n) is 10.5. The van der Waals surface area contributed by atoms with E-state index in [-0.39, 0.29) is 5.91 Å². The predicted octanol–water partition coefficient (Wildman–Crippen LogP) is 3.08. The average molecular weight is 272 g/mol. The first-order valence-corrected chi connectivity index (χ1v) is 6.80. The Hall–Kier alpha value is -1.81. The number of carbonyl (C=O) groups is 1. The molecule has 0 spiro atoms. The zero-order chi connectivity index (χ0) is 13.5. The number of pyridine rings is 1. The van der Waals surface area contributed by atoms with Crippen molar-refractivity contribution in [2.75, 3.05) is 5.32 Å². The van der Waals surface area contributed by atoms with Crippen LogP contribution in [0.3, 0.4) is 0 Å². The van der Waals surface area contributed by atoms with E-state index in [1.807, 2.05) is 24.3 Å². The molecule has 0 radical (unpaired) electrons. The maximum Gasteiger partial charge on any atom is 0.224 e. The van der Waals surface area contributed by atoms with Crippen molar-refractivity contribution in [3.63, 3.8) is 0 Å². The highest BCUT2D eigenvalue weighted by Gasteiger charge is 2.05. The van der Waals surface area contributed by atoms with Crippen LogP contribution in [0, 0.1) is 0 Å². The van der Waals surface area contributed by atoms with Gasteiger partial charge in [0.1, 0.15) is 0 Å². The standard InChI is InChI=1S/C15H16N2OS/c18-15(17-14-7-9-16-10-8-14)6-5-12-3-1-2-4-13(12)11-19/h1-4,7-10,19H,5-6,11H2,(H,16,17,18). The topological polar surface area (TPSA) is 42.0 Å². The van der Waals surface area contributed by atoms with Crippen molar-refractivity contribution in [3.05, 3.63) is 59.9 Å². The number of anilines is 1. The number of hydrogen-bond acceptors (Lipinski definition) is 3. The molecule has 3 nitrogen and oxygen atoms in total. The summed E-state index contributed by atoms with van der Waals surface area (Å²) in [5.74, 6) is 0.711. The van der Waals surface area contributed by atoms with Crippen LogP contribution >= 0.6 is 12.6 Å². The molecular weight excluding hydrogens is 256 g/mol. The molecule has 4 heteroatoms. The molecule has 19 heavy (non-hydrogen) atoms. The molecule has 0 saturated heterocycles. The van der Waals surface area contributed by atoms with Gasteiger partial charge in [-0.05, 0) is 29.7 Å². The molecule has 2 rings (SSSR count). The first-order chi connectivity index (χ1) is 9.29.